The Balaban J connectivity index is 1.32. The maximum Gasteiger partial charge on any atom is 0.414 e. The average molecular weight is 486 g/mol. The lowest BCUT2D eigenvalue weighted by Gasteiger charge is -2.24. The van der Waals surface area contributed by atoms with Gasteiger partial charge in [-0.2, -0.15) is 0 Å². The minimum Gasteiger partial charge on any atom is -0.443 e. The van der Waals surface area contributed by atoms with E-state index in [4.69, 9.17) is 10.5 Å². The van der Waals surface area contributed by atoms with Crippen molar-refractivity contribution in [2.75, 3.05) is 22.9 Å². The molecule has 2 aliphatic heterocycles. The van der Waals surface area contributed by atoms with Crippen LogP contribution in [0, 0.1) is 0 Å². The van der Waals surface area contributed by atoms with E-state index in [1.54, 1.807) is 15.9 Å². The van der Waals surface area contributed by atoms with Crippen molar-refractivity contribution in [1.82, 2.24) is 9.97 Å². The second-order valence-corrected chi connectivity index (χ2v) is 10.4. The molecule has 0 fully saturated rings. The second-order valence-electron chi connectivity index (χ2n) is 10.4. The van der Waals surface area contributed by atoms with Crippen molar-refractivity contribution < 1.29 is 19.1 Å². The van der Waals surface area contributed by atoms with Crippen LogP contribution in [0.1, 0.15) is 52.9 Å². The van der Waals surface area contributed by atoms with Crippen LogP contribution in [-0.4, -0.2) is 46.6 Å². The van der Waals surface area contributed by atoms with Gasteiger partial charge < -0.3 is 25.3 Å². The molecular formula is C27H27N5O4. The topological polar surface area (TPSA) is 125 Å². The van der Waals surface area contributed by atoms with Crippen LogP contribution in [-0.2, 0) is 17.6 Å². The molecule has 3 amide bonds. The third-order valence-corrected chi connectivity index (χ3v) is 6.89. The summed E-state index contributed by atoms with van der Waals surface area (Å²) < 4.78 is 5.57. The zero-order valence-electron chi connectivity index (χ0n) is 20.4. The molecule has 6 rings (SSSR count). The van der Waals surface area contributed by atoms with Gasteiger partial charge in [0.25, 0.3) is 11.8 Å². The predicted octanol–water partition coefficient (Wildman–Crippen LogP) is 4.25. The van der Waals surface area contributed by atoms with Gasteiger partial charge in [-0.1, -0.05) is 0 Å². The monoisotopic (exact) mass is 485 g/mol. The summed E-state index contributed by atoms with van der Waals surface area (Å²) in [6, 6.07) is 11.2. The maximum absolute atomic E-state index is 13.6. The summed E-state index contributed by atoms with van der Waals surface area (Å²) in [6.07, 6.45) is 1.02. The summed E-state index contributed by atoms with van der Waals surface area (Å²) in [6.45, 7) is 6.64. The molecule has 0 saturated heterocycles. The molecule has 36 heavy (non-hydrogen) atoms. The van der Waals surface area contributed by atoms with Gasteiger partial charge in [-0.05, 0) is 81.1 Å². The smallest absolute Gasteiger partial charge is 0.414 e. The van der Waals surface area contributed by atoms with Crippen LogP contribution in [0.4, 0.5) is 16.2 Å². The summed E-state index contributed by atoms with van der Waals surface area (Å²) in [5.41, 5.74) is 11.1. The number of carbonyl (C=O) groups excluding carboxylic acids is 3. The Morgan fingerprint density at radius 2 is 1.36 bits per heavy atom. The molecule has 2 aromatic heterocycles. The van der Waals surface area contributed by atoms with Gasteiger partial charge in [-0.3, -0.25) is 14.5 Å². The molecule has 2 aliphatic rings. The van der Waals surface area contributed by atoms with Crippen LogP contribution in [0.25, 0.3) is 21.8 Å². The molecule has 4 N–H and O–H groups in total. The molecule has 0 atom stereocenters. The van der Waals surface area contributed by atoms with Crippen molar-refractivity contribution in [2.45, 2.75) is 39.2 Å². The number of benzene rings is 2. The molecule has 0 spiro atoms. The fourth-order valence-corrected chi connectivity index (χ4v) is 5.34. The van der Waals surface area contributed by atoms with Crippen molar-refractivity contribution in [2.24, 2.45) is 5.73 Å². The number of rotatable bonds is 2. The molecule has 9 nitrogen and oxygen atoms in total. The van der Waals surface area contributed by atoms with E-state index in [9.17, 15) is 14.4 Å². The van der Waals surface area contributed by atoms with E-state index in [2.05, 4.69) is 9.97 Å². The molecule has 0 unspecified atom stereocenters. The van der Waals surface area contributed by atoms with Gasteiger partial charge in [0.2, 0.25) is 0 Å². The number of primary amides is 1. The highest BCUT2D eigenvalue weighted by Crippen LogP contribution is 2.38. The highest BCUT2D eigenvalue weighted by atomic mass is 16.6. The summed E-state index contributed by atoms with van der Waals surface area (Å²) >= 11 is 0. The van der Waals surface area contributed by atoms with Gasteiger partial charge in [0.15, 0.2) is 0 Å². The van der Waals surface area contributed by atoms with Crippen molar-refractivity contribution in [3.8, 4) is 0 Å². The van der Waals surface area contributed by atoms with Crippen LogP contribution >= 0.6 is 0 Å². The van der Waals surface area contributed by atoms with Crippen LogP contribution in [0.3, 0.4) is 0 Å². The summed E-state index contributed by atoms with van der Waals surface area (Å²) in [5.74, 6) is -0.632. The van der Waals surface area contributed by atoms with Gasteiger partial charge >= 0.3 is 6.09 Å². The Labute approximate surface area is 207 Å². The number of nitrogens with one attached hydrogen (secondary N) is 2. The van der Waals surface area contributed by atoms with Crippen LogP contribution in [0.5, 0.6) is 0 Å². The highest BCUT2D eigenvalue weighted by molar-refractivity contribution is 6.11. The lowest BCUT2D eigenvalue weighted by Crippen LogP contribution is -2.35. The van der Waals surface area contributed by atoms with Crippen molar-refractivity contribution in [1.29, 1.82) is 0 Å². The summed E-state index contributed by atoms with van der Waals surface area (Å²) in [4.78, 5) is 47.6. The van der Waals surface area contributed by atoms with E-state index in [0.717, 1.165) is 44.3 Å². The standard InChI is InChI=1S/C27H27N5O4/c1-27(2,3)36-26(35)32-11-9-15-17-13-21(30-19(17)5-7-23(15)32)25(34)31-10-8-14-16-12-20(24(28)33)29-18(16)4-6-22(14)31/h4-7,12-13,29-30H,8-11H2,1-3H3,(H2,28,33). The lowest BCUT2D eigenvalue weighted by atomic mass is 10.1. The van der Waals surface area contributed by atoms with E-state index in [1.807, 2.05) is 51.1 Å². The zero-order chi connectivity index (χ0) is 25.4. The second kappa shape index (κ2) is 7.61. The van der Waals surface area contributed by atoms with E-state index in [1.165, 1.54) is 0 Å². The number of H-pyrrole nitrogens is 2. The fraction of sp³-hybridized carbons (Fsp3) is 0.296. The molecule has 2 aromatic carbocycles. The number of anilines is 2. The number of carbonyl (C=O) groups is 3. The molecule has 0 aliphatic carbocycles. The number of nitrogens with two attached hydrogens (primary N) is 1. The fourth-order valence-electron chi connectivity index (χ4n) is 5.34. The number of ether oxygens (including phenoxy) is 1. The average Bonchev–Trinajstić information content (AvgIpc) is 3.59. The Morgan fingerprint density at radius 1 is 0.833 bits per heavy atom. The Hall–Kier alpha value is -4.27. The third kappa shape index (κ3) is 3.42. The lowest BCUT2D eigenvalue weighted by molar-refractivity contribution is 0.0583. The van der Waals surface area contributed by atoms with E-state index in [0.29, 0.717) is 37.3 Å². The highest BCUT2D eigenvalue weighted by Gasteiger charge is 2.32. The Kier molecular flexibility index (Phi) is 4.70. The SMILES string of the molecule is CC(C)(C)OC(=O)N1CCc2c1ccc1[nH]c(C(=O)N3CCc4c3ccc3[nH]c(C(N)=O)cc43)cc21. The molecule has 0 radical (unpaired) electrons. The first-order valence-electron chi connectivity index (χ1n) is 12.0. The quantitative estimate of drug-likeness (QED) is 0.393. The number of hydrogen-bond acceptors (Lipinski definition) is 4. The van der Waals surface area contributed by atoms with Crippen LogP contribution in [0.2, 0.25) is 0 Å². The number of aromatic amines is 2. The molecule has 184 valence electrons. The first-order chi connectivity index (χ1) is 17.1. The molecular weight excluding hydrogens is 458 g/mol. The first-order valence-corrected chi connectivity index (χ1v) is 12.0. The molecule has 9 heteroatoms. The van der Waals surface area contributed by atoms with Crippen molar-refractivity contribution >= 4 is 51.1 Å². The van der Waals surface area contributed by atoms with E-state index < -0.39 is 11.5 Å². The van der Waals surface area contributed by atoms with Gasteiger partial charge in [0, 0.05) is 40.6 Å². The maximum atomic E-state index is 13.6. The summed E-state index contributed by atoms with van der Waals surface area (Å²) in [5, 5.41) is 1.85. The molecule has 4 heterocycles. The number of fused-ring (bicyclic) bond motifs is 6. The Bertz CT molecular complexity index is 1590. The third-order valence-electron chi connectivity index (χ3n) is 6.89. The summed E-state index contributed by atoms with van der Waals surface area (Å²) in [7, 11) is 0. The first kappa shape index (κ1) is 22.2. The van der Waals surface area contributed by atoms with Crippen molar-refractivity contribution in [3.05, 3.63) is 58.9 Å². The van der Waals surface area contributed by atoms with Crippen LogP contribution < -0.4 is 15.5 Å². The Morgan fingerprint density at radius 3 is 1.94 bits per heavy atom. The van der Waals surface area contributed by atoms with Gasteiger partial charge in [0.05, 0.1) is 5.69 Å². The minimum atomic E-state index is -0.572. The minimum absolute atomic E-state index is 0.120. The number of hydrogen-bond donors (Lipinski definition) is 3. The molecule has 4 aromatic rings. The van der Waals surface area contributed by atoms with Gasteiger partial charge in [-0.25, -0.2) is 4.79 Å². The largest absolute Gasteiger partial charge is 0.443 e. The van der Waals surface area contributed by atoms with Crippen LogP contribution in [0.15, 0.2) is 36.4 Å². The number of aromatic nitrogens is 2. The predicted molar refractivity (Wildman–Crippen MR) is 138 cm³/mol. The number of amides is 3. The molecule has 0 saturated carbocycles. The molecule has 0 bridgehead atoms. The van der Waals surface area contributed by atoms with Gasteiger partial charge in [-0.15, -0.1) is 0 Å². The van der Waals surface area contributed by atoms with E-state index >= 15 is 0 Å². The van der Waals surface area contributed by atoms with Gasteiger partial charge in [0.1, 0.15) is 17.0 Å². The van der Waals surface area contributed by atoms with E-state index in [-0.39, 0.29) is 12.0 Å². The number of nitrogens with zero attached hydrogens (tertiary/aromatic N) is 2. The van der Waals surface area contributed by atoms with Crippen molar-refractivity contribution in [3.63, 3.8) is 0 Å². The normalized spacial score (nSPS) is 15.0. The zero-order valence-corrected chi connectivity index (χ0v) is 20.4.